The van der Waals surface area contributed by atoms with Gasteiger partial charge in [0.1, 0.15) is 17.6 Å². The second kappa shape index (κ2) is 11.8. The largest absolute Gasteiger partial charge is 0.497 e. The van der Waals surface area contributed by atoms with Crippen molar-refractivity contribution in [2.24, 2.45) is 4.99 Å². The van der Waals surface area contributed by atoms with Crippen molar-refractivity contribution in [1.29, 1.82) is 5.26 Å². The second-order valence-corrected chi connectivity index (χ2v) is 10.8. The number of allylic oxidation sites excluding steroid dienone is 1. The highest BCUT2D eigenvalue weighted by atomic mass is 32.1. The van der Waals surface area contributed by atoms with E-state index in [1.165, 1.54) is 11.3 Å². The molecule has 4 aromatic carbocycles. The van der Waals surface area contributed by atoms with E-state index in [1.807, 2.05) is 78.9 Å². The van der Waals surface area contributed by atoms with Gasteiger partial charge in [-0.15, -0.1) is 0 Å². The summed E-state index contributed by atoms with van der Waals surface area (Å²) in [7, 11) is 1.57. The number of rotatable bonds is 7. The van der Waals surface area contributed by atoms with E-state index >= 15 is 0 Å². The van der Waals surface area contributed by atoms with Crippen molar-refractivity contribution < 1.29 is 14.3 Å². The van der Waals surface area contributed by atoms with Gasteiger partial charge in [-0.1, -0.05) is 72.0 Å². The van der Waals surface area contributed by atoms with Gasteiger partial charge in [-0.25, -0.2) is 4.99 Å². The first-order valence-corrected chi connectivity index (χ1v) is 14.3. The molecule has 0 bridgehead atoms. The quantitative estimate of drug-likeness (QED) is 0.291. The number of anilines is 1. The van der Waals surface area contributed by atoms with Crippen molar-refractivity contribution in [3.05, 3.63) is 133 Å². The van der Waals surface area contributed by atoms with Crippen molar-refractivity contribution in [2.75, 3.05) is 19.0 Å². The van der Waals surface area contributed by atoms with Crippen LogP contribution in [0.15, 0.2) is 112 Å². The molecule has 43 heavy (non-hydrogen) atoms. The molecule has 1 aliphatic rings. The lowest BCUT2D eigenvalue weighted by Crippen LogP contribution is -2.40. The number of nitrogens with zero attached hydrogens (tertiary/aromatic N) is 3. The molecule has 1 aromatic heterocycles. The van der Waals surface area contributed by atoms with E-state index in [2.05, 4.69) is 5.32 Å². The van der Waals surface area contributed by atoms with Crippen LogP contribution in [0.25, 0.3) is 16.8 Å². The Labute approximate surface area is 251 Å². The minimum atomic E-state index is -0.751. The van der Waals surface area contributed by atoms with Crippen LogP contribution in [0.1, 0.15) is 24.1 Å². The monoisotopic (exact) mass is 586 g/mol. The van der Waals surface area contributed by atoms with Gasteiger partial charge >= 0.3 is 0 Å². The minimum Gasteiger partial charge on any atom is -0.497 e. The number of methoxy groups -OCH3 is 1. The molecule has 0 fully saturated rings. The summed E-state index contributed by atoms with van der Waals surface area (Å²) in [6, 6.07) is 29.3. The molecule has 0 radical (unpaired) electrons. The average Bonchev–Trinajstić information content (AvgIpc) is 3.34. The Balaban J connectivity index is 1.56. The maximum atomic E-state index is 14.3. The van der Waals surface area contributed by atoms with Gasteiger partial charge < -0.3 is 14.8 Å². The first-order chi connectivity index (χ1) is 21.0. The highest BCUT2D eigenvalue weighted by Crippen LogP contribution is 2.33. The normalized spacial score (nSPS) is 14.5. The lowest BCUT2D eigenvalue weighted by atomic mass is 9.95. The molecular weight excluding hydrogens is 560 g/mol. The van der Waals surface area contributed by atoms with Gasteiger partial charge in [0.2, 0.25) is 0 Å². The minimum absolute atomic E-state index is 0.130. The van der Waals surface area contributed by atoms with E-state index in [0.29, 0.717) is 48.9 Å². The summed E-state index contributed by atoms with van der Waals surface area (Å²) in [5.41, 5.74) is 2.61. The van der Waals surface area contributed by atoms with Gasteiger partial charge in [-0.05, 0) is 59.7 Å². The lowest BCUT2D eigenvalue weighted by Gasteiger charge is -2.25. The summed E-state index contributed by atoms with van der Waals surface area (Å²) in [5.74, 6) is 0.748. The van der Waals surface area contributed by atoms with Crippen molar-refractivity contribution in [3.63, 3.8) is 0 Å². The molecule has 1 atom stereocenters. The molecule has 5 aromatic rings. The third kappa shape index (κ3) is 5.32. The van der Waals surface area contributed by atoms with Crippen LogP contribution in [0, 0.1) is 11.3 Å². The molecule has 212 valence electrons. The number of nitrogens with one attached hydrogen (secondary N) is 1. The molecule has 1 N–H and O–H groups in total. The first kappa shape index (κ1) is 27.7. The molecule has 1 amide bonds. The van der Waals surface area contributed by atoms with Gasteiger partial charge in [0.25, 0.3) is 11.5 Å². The van der Waals surface area contributed by atoms with E-state index in [-0.39, 0.29) is 18.1 Å². The van der Waals surface area contributed by atoms with Crippen molar-refractivity contribution in [2.45, 2.75) is 13.0 Å². The first-order valence-electron chi connectivity index (χ1n) is 13.5. The number of fused-ring (bicyclic) bond motifs is 2. The van der Waals surface area contributed by atoms with E-state index in [4.69, 9.17) is 19.7 Å². The number of aromatic nitrogens is 1. The third-order valence-electron chi connectivity index (χ3n) is 7.21. The Kier molecular flexibility index (Phi) is 7.60. The van der Waals surface area contributed by atoms with E-state index < -0.39 is 6.04 Å². The number of benzene rings is 4. The number of thiazole rings is 1. The van der Waals surface area contributed by atoms with Crippen LogP contribution in [0.4, 0.5) is 5.69 Å². The van der Waals surface area contributed by atoms with Gasteiger partial charge in [-0.3, -0.25) is 14.2 Å². The van der Waals surface area contributed by atoms with Crippen LogP contribution < -0.4 is 29.7 Å². The maximum absolute atomic E-state index is 14.3. The number of carbonyl (C=O) groups is 1. The van der Waals surface area contributed by atoms with Crippen molar-refractivity contribution >= 4 is 39.8 Å². The van der Waals surface area contributed by atoms with E-state index in [9.17, 15) is 9.59 Å². The summed E-state index contributed by atoms with van der Waals surface area (Å²) in [6.07, 6.45) is 1.78. The molecule has 6 rings (SSSR count). The number of hydrogen-bond donors (Lipinski definition) is 1. The van der Waals surface area contributed by atoms with Crippen LogP contribution >= 0.6 is 11.3 Å². The van der Waals surface area contributed by atoms with Crippen LogP contribution in [0.5, 0.6) is 11.5 Å². The van der Waals surface area contributed by atoms with Gasteiger partial charge in [0, 0.05) is 11.3 Å². The van der Waals surface area contributed by atoms with Crippen LogP contribution in [-0.4, -0.2) is 24.2 Å². The Bertz CT molecular complexity index is 2120. The molecule has 1 aliphatic heterocycles. The van der Waals surface area contributed by atoms with Crippen molar-refractivity contribution in [3.8, 4) is 17.6 Å². The number of amides is 1. The molecule has 0 spiro atoms. The Hall–Kier alpha value is -5.46. The predicted octanol–water partition coefficient (Wildman–Crippen LogP) is 4.94. The fourth-order valence-electron chi connectivity index (χ4n) is 5.25. The Morgan fingerprint density at radius 2 is 1.86 bits per heavy atom. The predicted molar refractivity (Wildman–Crippen MR) is 167 cm³/mol. The van der Waals surface area contributed by atoms with Crippen molar-refractivity contribution in [1.82, 2.24) is 4.57 Å². The second-order valence-electron chi connectivity index (χ2n) is 9.82. The van der Waals surface area contributed by atoms with Gasteiger partial charge in [0.05, 0.1) is 29.0 Å². The zero-order valence-corrected chi connectivity index (χ0v) is 24.2. The van der Waals surface area contributed by atoms with E-state index in [0.717, 1.165) is 10.8 Å². The number of carbonyl (C=O) groups excluding carboxylic acids is 1. The van der Waals surface area contributed by atoms with Crippen LogP contribution in [-0.2, 0) is 4.79 Å². The smallest absolute Gasteiger partial charge is 0.271 e. The fourth-order valence-corrected chi connectivity index (χ4v) is 6.28. The number of hydrogen-bond acceptors (Lipinski definition) is 7. The van der Waals surface area contributed by atoms with Crippen LogP contribution in [0.3, 0.4) is 0 Å². The molecule has 0 saturated heterocycles. The summed E-state index contributed by atoms with van der Waals surface area (Å²) in [4.78, 5) is 33.3. The molecule has 0 unspecified atom stereocenters. The zero-order valence-electron chi connectivity index (χ0n) is 23.4. The Morgan fingerprint density at radius 1 is 1.07 bits per heavy atom. The summed E-state index contributed by atoms with van der Waals surface area (Å²) in [6.45, 7) is 1.65. The topological polar surface area (TPSA) is 106 Å². The highest BCUT2D eigenvalue weighted by Gasteiger charge is 2.33. The standard InChI is InChI=1S/C34H26N4O4S/c1-21-30(32(39)37-24-11-4-3-5-12-24)31(23-10-8-13-25(19-23)41-2)38-33(40)29(43-34(38)36-21)20-27-26-14-7-6-9-22(26)15-16-28(27)42-18-17-35/h3-16,19-20,31H,18H2,1-2H3,(H,37,39)/b29-20-/t31-/m1/s1. The fraction of sp³-hybridized carbons (Fsp3) is 0.118. The third-order valence-corrected chi connectivity index (χ3v) is 8.19. The average molecular weight is 587 g/mol. The molecule has 0 saturated carbocycles. The summed E-state index contributed by atoms with van der Waals surface area (Å²) in [5, 5.41) is 14.0. The zero-order chi connectivity index (χ0) is 29.9. The molecule has 9 heteroatoms. The summed E-state index contributed by atoms with van der Waals surface area (Å²) < 4.78 is 13.2. The molecule has 0 aliphatic carbocycles. The highest BCUT2D eigenvalue weighted by molar-refractivity contribution is 7.07. The van der Waals surface area contributed by atoms with E-state index in [1.54, 1.807) is 42.9 Å². The molecule has 2 heterocycles. The SMILES string of the molecule is COc1cccc([C@@H]2C(C(=O)Nc3ccccc3)=C(C)N=c3s/c(=C\c4c(OCC#N)ccc5ccccc45)c(=O)n32)c1. The maximum Gasteiger partial charge on any atom is 0.271 e. The molecule has 8 nitrogen and oxygen atoms in total. The molecular formula is C34H26N4O4S. The summed E-state index contributed by atoms with van der Waals surface area (Å²) >= 11 is 1.24. The number of ether oxygens (including phenoxy) is 2. The van der Waals surface area contributed by atoms with Crippen LogP contribution in [0.2, 0.25) is 0 Å². The lowest BCUT2D eigenvalue weighted by molar-refractivity contribution is -0.113. The van der Waals surface area contributed by atoms with Gasteiger partial charge in [-0.2, -0.15) is 5.26 Å². The Morgan fingerprint density at radius 3 is 2.65 bits per heavy atom. The number of para-hydroxylation sites is 1. The van der Waals surface area contributed by atoms with Gasteiger partial charge in [0.15, 0.2) is 11.4 Å². The number of nitriles is 1.